The van der Waals surface area contributed by atoms with Crippen molar-refractivity contribution in [1.29, 1.82) is 0 Å². The van der Waals surface area contributed by atoms with Crippen molar-refractivity contribution in [2.24, 2.45) is 0 Å². The smallest absolute Gasteiger partial charge is 0.277 e. The molecule has 120 valence electrons. The molecule has 0 saturated carbocycles. The number of carbonyl (C=O) groups excluding carboxylic acids is 1. The van der Waals surface area contributed by atoms with Gasteiger partial charge in [0, 0.05) is 18.8 Å². The Hall–Kier alpha value is -2.28. The Balaban J connectivity index is 1.69. The zero-order valence-corrected chi connectivity index (χ0v) is 14.1. The van der Waals surface area contributed by atoms with Crippen LogP contribution in [0.15, 0.2) is 24.5 Å². The van der Waals surface area contributed by atoms with E-state index in [4.69, 9.17) is 0 Å². The molecule has 0 unspecified atom stereocenters. The Kier molecular flexibility index (Phi) is 4.66. The summed E-state index contributed by atoms with van der Waals surface area (Å²) in [7, 11) is 0. The van der Waals surface area contributed by atoms with E-state index >= 15 is 0 Å². The highest BCUT2D eigenvalue weighted by molar-refractivity contribution is 7.15. The van der Waals surface area contributed by atoms with E-state index in [9.17, 15) is 4.79 Å². The number of nitrogens with one attached hydrogen (secondary N) is 1. The van der Waals surface area contributed by atoms with E-state index in [-0.39, 0.29) is 5.91 Å². The quantitative estimate of drug-likeness (QED) is 0.703. The average Bonchev–Trinajstić information content (AvgIpc) is 3.15. The average molecular weight is 329 g/mol. The molecule has 3 rings (SSSR count). The molecule has 0 aliphatic rings. The number of pyridine rings is 1. The van der Waals surface area contributed by atoms with Crippen LogP contribution >= 0.6 is 11.3 Å². The van der Waals surface area contributed by atoms with Gasteiger partial charge in [-0.05, 0) is 25.0 Å². The molecule has 0 aliphatic heterocycles. The van der Waals surface area contributed by atoms with Crippen LogP contribution in [0.25, 0.3) is 5.65 Å². The van der Waals surface area contributed by atoms with Crippen molar-refractivity contribution in [3.63, 3.8) is 0 Å². The van der Waals surface area contributed by atoms with Crippen LogP contribution in [0.3, 0.4) is 0 Å². The van der Waals surface area contributed by atoms with Gasteiger partial charge in [-0.1, -0.05) is 37.2 Å². The summed E-state index contributed by atoms with van der Waals surface area (Å²) >= 11 is 1.43. The first-order chi connectivity index (χ1) is 11.2. The molecular formula is C16H19N5OS. The molecule has 1 N–H and O–H groups in total. The van der Waals surface area contributed by atoms with Gasteiger partial charge in [-0.15, -0.1) is 10.2 Å². The summed E-state index contributed by atoms with van der Waals surface area (Å²) in [4.78, 5) is 16.7. The van der Waals surface area contributed by atoms with Gasteiger partial charge in [0.2, 0.25) is 5.13 Å². The van der Waals surface area contributed by atoms with Gasteiger partial charge in [-0.25, -0.2) is 4.98 Å². The van der Waals surface area contributed by atoms with Crippen molar-refractivity contribution < 1.29 is 4.79 Å². The fourth-order valence-electron chi connectivity index (χ4n) is 2.36. The summed E-state index contributed by atoms with van der Waals surface area (Å²) in [5.41, 5.74) is 2.19. The highest BCUT2D eigenvalue weighted by Crippen LogP contribution is 2.18. The van der Waals surface area contributed by atoms with E-state index < -0.39 is 0 Å². The fourth-order valence-corrected chi connectivity index (χ4v) is 3.13. The first kappa shape index (κ1) is 15.6. The zero-order valence-electron chi connectivity index (χ0n) is 13.2. The Morgan fingerprint density at radius 1 is 1.35 bits per heavy atom. The van der Waals surface area contributed by atoms with Crippen molar-refractivity contribution >= 4 is 28.0 Å². The van der Waals surface area contributed by atoms with E-state index in [1.807, 2.05) is 29.7 Å². The minimum Gasteiger partial charge on any atom is -0.306 e. The highest BCUT2D eigenvalue weighted by Gasteiger charge is 2.14. The van der Waals surface area contributed by atoms with Gasteiger partial charge in [-0.2, -0.15) is 0 Å². The van der Waals surface area contributed by atoms with Gasteiger partial charge in [-0.3, -0.25) is 10.1 Å². The maximum Gasteiger partial charge on any atom is 0.277 e. The van der Waals surface area contributed by atoms with E-state index in [0.29, 0.717) is 10.8 Å². The molecule has 0 atom stereocenters. The number of hydrogen-bond donors (Lipinski definition) is 1. The Morgan fingerprint density at radius 3 is 3.00 bits per heavy atom. The number of anilines is 1. The van der Waals surface area contributed by atoms with Gasteiger partial charge in [0.1, 0.15) is 16.3 Å². The lowest BCUT2D eigenvalue weighted by Gasteiger charge is -1.96. The number of hydrogen-bond acceptors (Lipinski definition) is 5. The van der Waals surface area contributed by atoms with Gasteiger partial charge >= 0.3 is 0 Å². The number of nitrogens with zero attached hydrogens (tertiary/aromatic N) is 4. The second kappa shape index (κ2) is 6.87. The van der Waals surface area contributed by atoms with Crippen molar-refractivity contribution in [3.8, 4) is 0 Å². The largest absolute Gasteiger partial charge is 0.306 e. The van der Waals surface area contributed by atoms with E-state index in [1.54, 1.807) is 6.20 Å². The molecule has 1 amide bonds. The van der Waals surface area contributed by atoms with Crippen LogP contribution in [0, 0.1) is 6.92 Å². The van der Waals surface area contributed by atoms with Gasteiger partial charge in [0.25, 0.3) is 5.91 Å². The van der Waals surface area contributed by atoms with Crippen LogP contribution in [-0.4, -0.2) is 25.5 Å². The number of unbranched alkanes of at least 4 members (excludes halogenated alkanes) is 2. The maximum absolute atomic E-state index is 12.3. The lowest BCUT2D eigenvalue weighted by atomic mass is 10.2. The minimum absolute atomic E-state index is 0.260. The molecule has 23 heavy (non-hydrogen) atoms. The van der Waals surface area contributed by atoms with Crippen LogP contribution in [0.1, 0.15) is 47.2 Å². The van der Waals surface area contributed by atoms with Crippen LogP contribution in [-0.2, 0) is 6.42 Å². The van der Waals surface area contributed by atoms with Crippen molar-refractivity contribution in [1.82, 2.24) is 19.6 Å². The third-order valence-electron chi connectivity index (χ3n) is 3.59. The molecule has 0 fully saturated rings. The molecule has 0 aromatic carbocycles. The first-order valence-electron chi connectivity index (χ1n) is 7.75. The van der Waals surface area contributed by atoms with Crippen molar-refractivity contribution in [2.45, 2.75) is 39.5 Å². The number of aryl methyl sites for hydroxylation is 2. The molecule has 0 spiro atoms. The molecule has 6 nitrogen and oxygen atoms in total. The standard InChI is InChI=1S/C16H19N5OS/c1-3-4-5-8-13-19-20-16(23-13)18-15(22)12-10-21-9-6-7-11(2)14(21)17-12/h6-7,9-10H,3-5,8H2,1-2H3,(H,18,20,22). The van der Waals surface area contributed by atoms with Crippen molar-refractivity contribution in [2.75, 3.05) is 5.32 Å². The second-order valence-electron chi connectivity index (χ2n) is 5.46. The summed E-state index contributed by atoms with van der Waals surface area (Å²) in [6, 6.07) is 3.90. The predicted octanol–water partition coefficient (Wildman–Crippen LogP) is 3.48. The van der Waals surface area contributed by atoms with E-state index in [0.717, 1.165) is 29.1 Å². The second-order valence-corrected chi connectivity index (χ2v) is 6.52. The summed E-state index contributed by atoms with van der Waals surface area (Å²) in [5.74, 6) is -0.260. The summed E-state index contributed by atoms with van der Waals surface area (Å²) < 4.78 is 1.85. The number of aromatic nitrogens is 4. The number of carbonyl (C=O) groups is 1. The van der Waals surface area contributed by atoms with Gasteiger partial charge < -0.3 is 4.40 Å². The number of rotatable bonds is 6. The molecule has 0 radical (unpaired) electrons. The third-order valence-corrected chi connectivity index (χ3v) is 4.49. The topological polar surface area (TPSA) is 72.2 Å². The molecule has 0 aliphatic carbocycles. The predicted molar refractivity (Wildman–Crippen MR) is 91.0 cm³/mol. The summed E-state index contributed by atoms with van der Waals surface area (Å²) in [5, 5.41) is 12.4. The summed E-state index contributed by atoms with van der Waals surface area (Å²) in [6.45, 7) is 4.14. The van der Waals surface area contributed by atoms with Crippen LogP contribution in [0.2, 0.25) is 0 Å². The zero-order chi connectivity index (χ0) is 16.2. The number of imidazole rings is 1. The lowest BCUT2D eigenvalue weighted by Crippen LogP contribution is -2.12. The monoisotopic (exact) mass is 329 g/mol. The molecule has 0 saturated heterocycles. The molecule has 0 bridgehead atoms. The Morgan fingerprint density at radius 2 is 2.22 bits per heavy atom. The SMILES string of the molecule is CCCCCc1nnc(NC(=O)c2cn3cccc(C)c3n2)s1. The van der Waals surface area contributed by atoms with E-state index in [2.05, 4.69) is 27.4 Å². The minimum atomic E-state index is -0.260. The first-order valence-corrected chi connectivity index (χ1v) is 8.57. The summed E-state index contributed by atoms with van der Waals surface area (Å²) in [6.07, 6.45) is 7.97. The Bertz CT molecular complexity index is 823. The van der Waals surface area contributed by atoms with Gasteiger partial charge in [0.15, 0.2) is 0 Å². The lowest BCUT2D eigenvalue weighted by molar-refractivity contribution is 0.102. The normalized spacial score (nSPS) is 11.0. The molecule has 3 aromatic heterocycles. The maximum atomic E-state index is 12.3. The molecule has 7 heteroatoms. The van der Waals surface area contributed by atoms with Crippen LogP contribution in [0.5, 0.6) is 0 Å². The molecular weight excluding hydrogens is 310 g/mol. The fraction of sp³-hybridized carbons (Fsp3) is 0.375. The van der Waals surface area contributed by atoms with Crippen molar-refractivity contribution in [3.05, 3.63) is 40.8 Å². The molecule has 3 aromatic rings. The highest BCUT2D eigenvalue weighted by atomic mass is 32.1. The van der Waals surface area contributed by atoms with Gasteiger partial charge in [0.05, 0.1) is 0 Å². The van der Waals surface area contributed by atoms with Crippen LogP contribution in [0.4, 0.5) is 5.13 Å². The molecule has 3 heterocycles. The van der Waals surface area contributed by atoms with Crippen LogP contribution < -0.4 is 5.32 Å². The third kappa shape index (κ3) is 3.56. The Labute approximate surface area is 138 Å². The number of fused-ring (bicyclic) bond motifs is 1. The van der Waals surface area contributed by atoms with E-state index in [1.165, 1.54) is 24.2 Å². The number of amides is 1.